The zero-order valence-electron chi connectivity index (χ0n) is 21.3. The largest absolute Gasteiger partial charge is 0.768 e. The fourth-order valence-electron chi connectivity index (χ4n) is 4.18. The minimum Gasteiger partial charge on any atom is -0.768 e. The first kappa shape index (κ1) is 28.1. The number of carbonyl (C=O) groups excluding carboxylic acids is 2. The highest BCUT2D eigenvalue weighted by Gasteiger charge is 2.27. The second-order valence-corrected chi connectivity index (χ2v) is 11.3. The van der Waals surface area contributed by atoms with E-state index in [1.165, 1.54) is 17.4 Å². The van der Waals surface area contributed by atoms with Gasteiger partial charge in [-0.05, 0) is 83.0 Å². The molecular weight excluding hydrogens is 502 g/mol. The van der Waals surface area contributed by atoms with E-state index in [0.717, 1.165) is 41.3 Å². The summed E-state index contributed by atoms with van der Waals surface area (Å²) in [4.78, 5) is 29.6. The van der Waals surface area contributed by atoms with Crippen LogP contribution in [0.1, 0.15) is 76.9 Å². The van der Waals surface area contributed by atoms with Crippen LogP contribution >= 0.6 is 11.3 Å². The molecule has 0 saturated heterocycles. The summed E-state index contributed by atoms with van der Waals surface area (Å²) in [5.74, 6) is 0.251. The average Bonchev–Trinajstić information content (AvgIpc) is 3.22. The number of carbonyl (C=O) groups is 2. The van der Waals surface area contributed by atoms with E-state index in [-0.39, 0.29) is 35.2 Å². The number of benzene rings is 1. The highest BCUT2D eigenvalue weighted by atomic mass is 32.2. The fraction of sp³-hybridized carbons (Fsp3) is 0.560. The third-order valence-electron chi connectivity index (χ3n) is 5.78. The zero-order chi connectivity index (χ0) is 26.4. The summed E-state index contributed by atoms with van der Waals surface area (Å²) in [6, 6.07) is 4.88. The summed E-state index contributed by atoms with van der Waals surface area (Å²) < 4.78 is 34.5. The number of rotatable bonds is 8. The Labute approximate surface area is 218 Å². The van der Waals surface area contributed by atoms with E-state index in [4.69, 9.17) is 14.5 Å². The zero-order valence-corrected chi connectivity index (χ0v) is 22.9. The molecule has 11 heteroatoms. The third-order valence-corrected chi connectivity index (χ3v) is 7.78. The number of hydrogen-bond donors (Lipinski definition) is 2. The Bertz CT molecular complexity index is 1090. The number of thiazole rings is 1. The number of alkyl carbamates (subject to hydrolysis) is 1. The lowest BCUT2D eigenvalue weighted by molar-refractivity contribution is 0.109. The Morgan fingerprint density at radius 1 is 1.11 bits per heavy atom. The monoisotopic (exact) mass is 536 g/mol. The van der Waals surface area contributed by atoms with Gasteiger partial charge in [-0.15, -0.1) is 11.3 Å². The minimum atomic E-state index is -2.51. The Hall–Kier alpha value is -2.50. The van der Waals surface area contributed by atoms with Gasteiger partial charge in [0.2, 0.25) is 0 Å². The van der Waals surface area contributed by atoms with Gasteiger partial charge in [0.05, 0.1) is 27.8 Å². The van der Waals surface area contributed by atoms with Crippen molar-refractivity contribution < 1.29 is 27.8 Å². The summed E-state index contributed by atoms with van der Waals surface area (Å²) >= 11 is -0.994. The minimum absolute atomic E-state index is 0.0782. The van der Waals surface area contributed by atoms with E-state index in [9.17, 15) is 18.4 Å². The van der Waals surface area contributed by atoms with Crippen LogP contribution in [-0.2, 0) is 27.0 Å². The normalized spacial score (nSPS) is 18.7. The van der Waals surface area contributed by atoms with Crippen molar-refractivity contribution in [2.45, 2.75) is 95.8 Å². The Balaban J connectivity index is 1.77. The fourth-order valence-corrected chi connectivity index (χ4v) is 6.18. The van der Waals surface area contributed by atoms with E-state index in [2.05, 4.69) is 10.6 Å². The maximum Gasteiger partial charge on any atom is 0.411 e. The van der Waals surface area contributed by atoms with Gasteiger partial charge < -0.3 is 19.3 Å². The highest BCUT2D eigenvalue weighted by Crippen LogP contribution is 2.41. The number of aromatic nitrogens is 1. The van der Waals surface area contributed by atoms with Crippen molar-refractivity contribution in [3.8, 4) is 10.4 Å². The maximum atomic E-state index is 12.1. The maximum absolute atomic E-state index is 12.1. The van der Waals surface area contributed by atoms with Crippen LogP contribution < -0.4 is 10.6 Å². The lowest BCUT2D eigenvalue weighted by atomic mass is 9.86. The van der Waals surface area contributed by atoms with Gasteiger partial charge in [-0.25, -0.2) is 14.6 Å². The summed E-state index contributed by atoms with van der Waals surface area (Å²) in [7, 11) is 0. The van der Waals surface area contributed by atoms with E-state index >= 15 is 0 Å². The molecule has 9 nitrogen and oxygen atoms in total. The average molecular weight is 537 g/mol. The van der Waals surface area contributed by atoms with Crippen molar-refractivity contribution in [2.75, 3.05) is 5.32 Å². The third kappa shape index (κ3) is 7.50. The molecule has 0 radical (unpaired) electrons. The predicted molar refractivity (Wildman–Crippen MR) is 139 cm³/mol. The van der Waals surface area contributed by atoms with E-state index in [1.807, 2.05) is 20.8 Å². The summed E-state index contributed by atoms with van der Waals surface area (Å²) in [5, 5.41) is 6.50. The molecule has 1 fully saturated rings. The van der Waals surface area contributed by atoms with E-state index in [0.29, 0.717) is 17.7 Å². The van der Waals surface area contributed by atoms with Crippen LogP contribution in [0.4, 0.5) is 15.3 Å². The van der Waals surface area contributed by atoms with E-state index < -0.39 is 17.2 Å². The predicted octanol–water partition coefficient (Wildman–Crippen LogP) is 5.73. The highest BCUT2D eigenvalue weighted by molar-refractivity contribution is 7.79. The second-order valence-electron chi connectivity index (χ2n) is 9.35. The Morgan fingerprint density at radius 2 is 1.75 bits per heavy atom. The van der Waals surface area contributed by atoms with Gasteiger partial charge in [-0.3, -0.25) is 9.53 Å². The van der Waals surface area contributed by atoms with Gasteiger partial charge in [0, 0.05) is 28.1 Å². The van der Waals surface area contributed by atoms with Crippen molar-refractivity contribution in [1.29, 1.82) is 0 Å². The van der Waals surface area contributed by atoms with Crippen LogP contribution in [0.5, 0.6) is 0 Å². The number of aryl methyl sites for hydroxylation is 1. The molecule has 1 aliphatic carbocycles. The lowest BCUT2D eigenvalue weighted by Gasteiger charge is -2.28. The van der Waals surface area contributed by atoms with Gasteiger partial charge >= 0.3 is 12.2 Å². The molecule has 2 N–H and O–H groups in total. The van der Waals surface area contributed by atoms with Crippen LogP contribution in [0.3, 0.4) is 0 Å². The molecule has 0 bridgehead atoms. The van der Waals surface area contributed by atoms with Gasteiger partial charge in [-0.1, -0.05) is 13.0 Å². The van der Waals surface area contributed by atoms with Crippen molar-refractivity contribution >= 4 is 40.3 Å². The first-order chi connectivity index (χ1) is 17.1. The first-order valence-electron chi connectivity index (χ1n) is 12.2. The standard InChI is InChI=1S/C25H35N3O6S2/c1-6-20-22(19-12-11-18(13-21(19)36(31)32)27-25(30)34-15(4)5)35-23(28-20)16-7-9-17(10-8-16)26-24(29)33-14(2)3/h11-17H,6-10H2,1-5H3,(H,26,29)(H,27,30)(H,31,32)/p-1. The topological polar surface area (TPSA) is 130 Å². The lowest BCUT2D eigenvalue weighted by Crippen LogP contribution is -2.38. The van der Waals surface area contributed by atoms with Gasteiger partial charge in [-0.2, -0.15) is 0 Å². The van der Waals surface area contributed by atoms with Crippen molar-refractivity contribution in [3.63, 3.8) is 0 Å². The molecule has 1 aliphatic rings. The molecule has 36 heavy (non-hydrogen) atoms. The molecule has 1 aromatic heterocycles. The van der Waals surface area contributed by atoms with Crippen molar-refractivity contribution in [2.24, 2.45) is 0 Å². The molecule has 2 amide bonds. The molecule has 0 spiro atoms. The molecule has 1 unspecified atom stereocenters. The van der Waals surface area contributed by atoms with Crippen LogP contribution in [0.2, 0.25) is 0 Å². The summed E-state index contributed by atoms with van der Waals surface area (Å²) in [6.45, 7) is 9.10. The molecule has 198 valence electrons. The smallest absolute Gasteiger partial charge is 0.411 e. The van der Waals surface area contributed by atoms with Crippen LogP contribution in [0, 0.1) is 0 Å². The number of anilines is 1. The molecular formula is C25H34N3O6S2-. The molecule has 1 aromatic carbocycles. The Kier molecular flexibility index (Phi) is 9.86. The number of nitrogens with zero attached hydrogens (tertiary/aromatic N) is 1. The summed E-state index contributed by atoms with van der Waals surface area (Å²) in [5.41, 5.74) is 1.76. The van der Waals surface area contributed by atoms with Crippen LogP contribution in [-0.4, -0.2) is 44.2 Å². The van der Waals surface area contributed by atoms with Crippen LogP contribution in [0.25, 0.3) is 10.4 Å². The summed E-state index contributed by atoms with van der Waals surface area (Å²) in [6.07, 6.45) is 2.61. The molecule has 3 rings (SSSR count). The Morgan fingerprint density at radius 3 is 2.33 bits per heavy atom. The van der Waals surface area contributed by atoms with E-state index in [1.54, 1.807) is 26.0 Å². The van der Waals surface area contributed by atoms with Crippen molar-refractivity contribution in [3.05, 3.63) is 28.9 Å². The van der Waals surface area contributed by atoms with Gasteiger partial charge in [0.15, 0.2) is 0 Å². The van der Waals surface area contributed by atoms with Gasteiger partial charge in [0.25, 0.3) is 0 Å². The molecule has 2 aromatic rings. The second kappa shape index (κ2) is 12.6. The number of ether oxygens (including phenoxy) is 2. The number of nitrogens with one attached hydrogen (secondary N) is 2. The SMILES string of the molecule is CCc1nc(C2CCC(NC(=O)OC(C)C)CC2)sc1-c1ccc(NC(=O)OC(C)C)cc1S(=O)[O-]. The molecule has 0 aliphatic heterocycles. The molecule has 1 heterocycles. The quantitative estimate of drug-likeness (QED) is 0.412. The number of hydrogen-bond acceptors (Lipinski definition) is 8. The molecule has 1 atom stereocenters. The van der Waals surface area contributed by atoms with Crippen LogP contribution in [0.15, 0.2) is 23.1 Å². The molecule has 1 saturated carbocycles. The van der Waals surface area contributed by atoms with Crippen molar-refractivity contribution in [1.82, 2.24) is 10.3 Å². The number of amides is 2. The first-order valence-corrected chi connectivity index (χ1v) is 14.1. The van der Waals surface area contributed by atoms with Gasteiger partial charge in [0.1, 0.15) is 0 Å².